The molecular weight excluding hydrogens is 244 g/mol. The predicted octanol–water partition coefficient (Wildman–Crippen LogP) is 5.19. The van der Waals surface area contributed by atoms with Crippen LogP contribution in [0.25, 0.3) is 0 Å². The lowest BCUT2D eigenvalue weighted by molar-refractivity contribution is 0.127. The number of rotatable bonds is 6. The fraction of sp³-hybridized carbons (Fsp3) is 0.474. The van der Waals surface area contributed by atoms with Crippen molar-refractivity contribution in [3.63, 3.8) is 0 Å². The van der Waals surface area contributed by atoms with Gasteiger partial charge in [-0.1, -0.05) is 73.9 Å². The zero-order valence-corrected chi connectivity index (χ0v) is 12.5. The van der Waals surface area contributed by atoms with E-state index in [0.717, 1.165) is 24.8 Å². The number of aliphatic hydroxyl groups excluding tert-OH is 1. The summed E-state index contributed by atoms with van der Waals surface area (Å²) in [5.41, 5.74) is 2.43. The molecule has 1 aliphatic carbocycles. The fourth-order valence-corrected chi connectivity index (χ4v) is 2.83. The maximum atomic E-state index is 10.6. The summed E-state index contributed by atoms with van der Waals surface area (Å²) in [6.45, 7) is 2.24. The average molecular weight is 270 g/mol. The zero-order chi connectivity index (χ0) is 14.2. The highest BCUT2D eigenvalue weighted by Gasteiger charge is 2.19. The Morgan fingerprint density at radius 3 is 2.75 bits per heavy atom. The Kier molecular flexibility index (Phi) is 6.07. The first-order valence-electron chi connectivity index (χ1n) is 7.91. The SMILES string of the molecule is CCCCCC1=CC(C(O)c2ccccc2)CCC=C1. The Morgan fingerprint density at radius 2 is 2.00 bits per heavy atom. The molecule has 1 aromatic rings. The van der Waals surface area contributed by atoms with Gasteiger partial charge in [0.1, 0.15) is 0 Å². The Bertz CT molecular complexity index is 444. The third-order valence-corrected chi connectivity index (χ3v) is 4.04. The van der Waals surface area contributed by atoms with Gasteiger partial charge in [-0.05, 0) is 31.2 Å². The van der Waals surface area contributed by atoms with Gasteiger partial charge in [-0.25, -0.2) is 0 Å². The smallest absolute Gasteiger partial charge is 0.0852 e. The lowest BCUT2D eigenvalue weighted by atomic mass is 9.90. The van der Waals surface area contributed by atoms with Crippen molar-refractivity contribution in [2.45, 2.75) is 51.6 Å². The van der Waals surface area contributed by atoms with E-state index < -0.39 is 0 Å². The number of unbranched alkanes of at least 4 members (excludes halogenated alkanes) is 2. The second kappa shape index (κ2) is 8.06. The molecule has 2 unspecified atom stereocenters. The average Bonchev–Trinajstić information content (AvgIpc) is 2.73. The summed E-state index contributed by atoms with van der Waals surface area (Å²) in [6, 6.07) is 10.0. The molecule has 1 N–H and O–H groups in total. The van der Waals surface area contributed by atoms with Crippen LogP contribution in [0.5, 0.6) is 0 Å². The second-order valence-corrected chi connectivity index (χ2v) is 5.70. The van der Waals surface area contributed by atoms with Gasteiger partial charge < -0.3 is 5.11 Å². The van der Waals surface area contributed by atoms with Crippen LogP contribution in [-0.4, -0.2) is 5.11 Å². The molecule has 1 nitrogen and oxygen atoms in total. The third-order valence-electron chi connectivity index (χ3n) is 4.04. The summed E-state index contributed by atoms with van der Waals surface area (Å²) in [7, 11) is 0. The number of hydrogen-bond acceptors (Lipinski definition) is 1. The molecule has 108 valence electrons. The van der Waals surface area contributed by atoms with E-state index in [1.807, 2.05) is 30.3 Å². The highest BCUT2D eigenvalue weighted by molar-refractivity contribution is 5.25. The molecule has 0 radical (unpaired) electrons. The van der Waals surface area contributed by atoms with Crippen LogP contribution >= 0.6 is 0 Å². The van der Waals surface area contributed by atoms with Crippen LogP contribution in [0.15, 0.2) is 54.1 Å². The monoisotopic (exact) mass is 270 g/mol. The molecule has 0 heterocycles. The highest BCUT2D eigenvalue weighted by Crippen LogP contribution is 2.31. The second-order valence-electron chi connectivity index (χ2n) is 5.70. The Labute approximate surface area is 123 Å². The standard InChI is InChI=1S/C19H26O/c1-2-3-5-10-16-11-8-9-14-18(15-16)19(20)17-12-6-4-7-13-17/h4,6-8,11-13,15,18-20H,2-3,5,9-10,14H2,1H3. The molecule has 0 fully saturated rings. The molecule has 0 saturated carbocycles. The van der Waals surface area contributed by atoms with Crippen LogP contribution in [0, 0.1) is 5.92 Å². The van der Waals surface area contributed by atoms with Crippen molar-refractivity contribution >= 4 is 0 Å². The minimum atomic E-state index is -0.378. The minimum absolute atomic E-state index is 0.240. The molecule has 0 spiro atoms. The normalized spacial score (nSPS) is 20.3. The van der Waals surface area contributed by atoms with Crippen LogP contribution in [0.1, 0.15) is 57.1 Å². The zero-order valence-electron chi connectivity index (χ0n) is 12.5. The topological polar surface area (TPSA) is 20.2 Å². The molecule has 1 aliphatic rings. The minimum Gasteiger partial charge on any atom is -0.388 e. The molecule has 0 saturated heterocycles. The van der Waals surface area contributed by atoms with Crippen LogP contribution in [-0.2, 0) is 0 Å². The van der Waals surface area contributed by atoms with E-state index in [9.17, 15) is 5.11 Å². The van der Waals surface area contributed by atoms with Crippen molar-refractivity contribution in [3.05, 3.63) is 59.7 Å². The van der Waals surface area contributed by atoms with Crippen LogP contribution in [0.3, 0.4) is 0 Å². The predicted molar refractivity (Wildman–Crippen MR) is 85.5 cm³/mol. The Morgan fingerprint density at radius 1 is 1.20 bits per heavy atom. The first kappa shape index (κ1) is 15.1. The van der Waals surface area contributed by atoms with Crippen LogP contribution < -0.4 is 0 Å². The van der Waals surface area contributed by atoms with E-state index in [1.54, 1.807) is 0 Å². The molecular formula is C19H26O. The summed E-state index contributed by atoms with van der Waals surface area (Å²) in [6.07, 6.45) is 13.5. The van der Waals surface area contributed by atoms with Crippen molar-refractivity contribution in [2.75, 3.05) is 0 Å². The molecule has 2 rings (SSSR count). The van der Waals surface area contributed by atoms with Gasteiger partial charge in [-0.3, -0.25) is 0 Å². The van der Waals surface area contributed by atoms with Gasteiger partial charge in [0, 0.05) is 5.92 Å². The summed E-state index contributed by atoms with van der Waals surface area (Å²) in [5.74, 6) is 0.240. The number of aliphatic hydroxyl groups is 1. The van der Waals surface area contributed by atoms with E-state index in [2.05, 4.69) is 25.2 Å². The first-order chi connectivity index (χ1) is 9.81. The Hall–Kier alpha value is -1.34. The lowest BCUT2D eigenvalue weighted by Crippen LogP contribution is -2.10. The molecule has 1 aromatic carbocycles. The largest absolute Gasteiger partial charge is 0.388 e. The van der Waals surface area contributed by atoms with Gasteiger partial charge in [0.25, 0.3) is 0 Å². The van der Waals surface area contributed by atoms with Crippen LogP contribution in [0.4, 0.5) is 0 Å². The summed E-state index contributed by atoms with van der Waals surface area (Å²) in [5, 5.41) is 10.6. The van der Waals surface area contributed by atoms with Crippen LogP contribution in [0.2, 0.25) is 0 Å². The van der Waals surface area contributed by atoms with Crippen molar-refractivity contribution < 1.29 is 5.11 Å². The summed E-state index contributed by atoms with van der Waals surface area (Å²) >= 11 is 0. The van der Waals surface area contributed by atoms with Gasteiger partial charge in [-0.2, -0.15) is 0 Å². The van der Waals surface area contributed by atoms with E-state index in [1.165, 1.54) is 24.8 Å². The van der Waals surface area contributed by atoms with E-state index in [-0.39, 0.29) is 12.0 Å². The van der Waals surface area contributed by atoms with Gasteiger partial charge in [0.2, 0.25) is 0 Å². The van der Waals surface area contributed by atoms with E-state index in [0.29, 0.717) is 0 Å². The molecule has 0 amide bonds. The highest BCUT2D eigenvalue weighted by atomic mass is 16.3. The Balaban J connectivity index is 2.04. The third kappa shape index (κ3) is 4.35. The van der Waals surface area contributed by atoms with E-state index in [4.69, 9.17) is 0 Å². The van der Waals surface area contributed by atoms with Gasteiger partial charge in [0.05, 0.1) is 6.10 Å². The number of allylic oxidation sites excluding steroid dienone is 3. The molecule has 0 aromatic heterocycles. The van der Waals surface area contributed by atoms with Gasteiger partial charge in [0.15, 0.2) is 0 Å². The van der Waals surface area contributed by atoms with Crippen molar-refractivity contribution in [1.29, 1.82) is 0 Å². The first-order valence-corrected chi connectivity index (χ1v) is 7.91. The van der Waals surface area contributed by atoms with Crippen molar-refractivity contribution in [1.82, 2.24) is 0 Å². The number of benzene rings is 1. The summed E-state index contributed by atoms with van der Waals surface area (Å²) < 4.78 is 0. The molecule has 1 heteroatoms. The molecule has 0 aliphatic heterocycles. The van der Waals surface area contributed by atoms with Crippen molar-refractivity contribution in [3.8, 4) is 0 Å². The van der Waals surface area contributed by atoms with Gasteiger partial charge >= 0.3 is 0 Å². The maximum absolute atomic E-state index is 10.6. The summed E-state index contributed by atoms with van der Waals surface area (Å²) in [4.78, 5) is 0. The van der Waals surface area contributed by atoms with Gasteiger partial charge in [-0.15, -0.1) is 0 Å². The number of hydrogen-bond donors (Lipinski definition) is 1. The fourth-order valence-electron chi connectivity index (χ4n) is 2.83. The van der Waals surface area contributed by atoms with E-state index >= 15 is 0 Å². The molecule has 20 heavy (non-hydrogen) atoms. The molecule has 2 atom stereocenters. The maximum Gasteiger partial charge on any atom is 0.0852 e. The lowest BCUT2D eigenvalue weighted by Gasteiger charge is -2.20. The molecule has 0 bridgehead atoms. The quantitative estimate of drug-likeness (QED) is 0.705. The van der Waals surface area contributed by atoms with Crippen molar-refractivity contribution in [2.24, 2.45) is 5.92 Å².